The monoisotopic (exact) mass is 352 g/mol. The van der Waals surface area contributed by atoms with Gasteiger partial charge in [-0.05, 0) is 23.8 Å². The van der Waals surface area contributed by atoms with Crippen molar-refractivity contribution < 1.29 is 27.1 Å². The molecule has 0 heterocycles. The van der Waals surface area contributed by atoms with Crippen LogP contribution in [0.4, 0.5) is 17.6 Å². The molecular formula is C14H6Cl2F4O2. The Morgan fingerprint density at radius 1 is 0.909 bits per heavy atom. The number of benzene rings is 2. The molecule has 0 N–H and O–H groups in total. The number of ether oxygens (including phenoxy) is 1. The summed E-state index contributed by atoms with van der Waals surface area (Å²) >= 11 is 11.4. The molecule has 0 radical (unpaired) electrons. The maximum absolute atomic E-state index is 14.1. The summed E-state index contributed by atoms with van der Waals surface area (Å²) in [7, 11) is 0.821. The first-order chi connectivity index (χ1) is 10.3. The quantitative estimate of drug-likeness (QED) is 0.431. The Hall–Kier alpha value is -1.79. The summed E-state index contributed by atoms with van der Waals surface area (Å²) in [5.41, 5.74) is -2.75. The van der Waals surface area contributed by atoms with E-state index in [1.807, 2.05) is 0 Å². The van der Waals surface area contributed by atoms with Crippen molar-refractivity contribution in [1.29, 1.82) is 0 Å². The molecule has 0 amide bonds. The number of methoxy groups -OCH3 is 1. The minimum Gasteiger partial charge on any atom is -0.465 e. The van der Waals surface area contributed by atoms with E-state index in [0.717, 1.165) is 19.2 Å². The topological polar surface area (TPSA) is 26.3 Å². The summed E-state index contributed by atoms with van der Waals surface area (Å²) < 4.78 is 60.0. The zero-order chi connectivity index (χ0) is 16.6. The summed E-state index contributed by atoms with van der Waals surface area (Å²) in [5.74, 6) is -8.77. The molecule has 0 atom stereocenters. The van der Waals surface area contributed by atoms with Gasteiger partial charge in [0.1, 0.15) is 5.56 Å². The highest BCUT2D eigenvalue weighted by molar-refractivity contribution is 6.35. The predicted octanol–water partition coefficient (Wildman–Crippen LogP) is 5.00. The maximum atomic E-state index is 14.1. The van der Waals surface area contributed by atoms with Crippen molar-refractivity contribution in [3.8, 4) is 11.1 Å². The minimum absolute atomic E-state index is 0.0131. The summed E-state index contributed by atoms with van der Waals surface area (Å²) in [5, 5.41) is 0.0262. The fourth-order valence-electron chi connectivity index (χ4n) is 1.86. The van der Waals surface area contributed by atoms with Gasteiger partial charge in [0, 0.05) is 10.0 Å². The van der Waals surface area contributed by atoms with Gasteiger partial charge in [-0.1, -0.05) is 23.2 Å². The van der Waals surface area contributed by atoms with Crippen LogP contribution in [0.5, 0.6) is 0 Å². The lowest BCUT2D eigenvalue weighted by Gasteiger charge is -2.11. The second-order valence-electron chi connectivity index (χ2n) is 4.16. The van der Waals surface area contributed by atoms with E-state index >= 15 is 0 Å². The molecule has 116 valence electrons. The molecule has 0 unspecified atom stereocenters. The molecule has 8 heteroatoms. The molecule has 2 rings (SSSR count). The van der Waals surface area contributed by atoms with Crippen LogP contribution in [-0.2, 0) is 4.74 Å². The number of halogens is 6. The highest BCUT2D eigenvalue weighted by Crippen LogP contribution is 2.35. The van der Waals surface area contributed by atoms with Gasteiger partial charge in [0.05, 0.1) is 12.7 Å². The molecule has 0 aromatic heterocycles. The van der Waals surface area contributed by atoms with Gasteiger partial charge in [0.25, 0.3) is 0 Å². The largest absolute Gasteiger partial charge is 0.465 e. The zero-order valence-electron chi connectivity index (χ0n) is 10.8. The Morgan fingerprint density at radius 3 is 1.77 bits per heavy atom. The number of rotatable bonds is 2. The molecule has 0 saturated heterocycles. The van der Waals surface area contributed by atoms with E-state index in [1.165, 1.54) is 6.07 Å². The summed E-state index contributed by atoms with van der Waals surface area (Å²) in [6.07, 6.45) is 0. The van der Waals surface area contributed by atoms with Gasteiger partial charge in [-0.15, -0.1) is 0 Å². The average Bonchev–Trinajstić information content (AvgIpc) is 2.44. The molecule has 2 nitrogen and oxygen atoms in total. The predicted molar refractivity (Wildman–Crippen MR) is 73.1 cm³/mol. The summed E-state index contributed by atoms with van der Waals surface area (Å²) in [6.45, 7) is 0. The van der Waals surface area contributed by atoms with Gasteiger partial charge in [0.15, 0.2) is 23.3 Å². The van der Waals surface area contributed by atoms with Crippen molar-refractivity contribution in [3.63, 3.8) is 0 Å². The van der Waals surface area contributed by atoms with E-state index in [9.17, 15) is 22.4 Å². The second kappa shape index (κ2) is 6.14. The van der Waals surface area contributed by atoms with Gasteiger partial charge in [0.2, 0.25) is 0 Å². The normalized spacial score (nSPS) is 10.7. The fourth-order valence-corrected chi connectivity index (χ4v) is 2.39. The van der Waals surface area contributed by atoms with Gasteiger partial charge in [-0.2, -0.15) is 0 Å². The van der Waals surface area contributed by atoms with E-state index in [4.69, 9.17) is 23.2 Å². The van der Waals surface area contributed by atoms with Crippen LogP contribution in [0.3, 0.4) is 0 Å². The van der Waals surface area contributed by atoms with Crippen molar-refractivity contribution in [1.82, 2.24) is 0 Å². The van der Waals surface area contributed by atoms with Crippen LogP contribution in [0.1, 0.15) is 10.4 Å². The molecule has 0 saturated carbocycles. The van der Waals surface area contributed by atoms with Crippen LogP contribution < -0.4 is 0 Å². The van der Waals surface area contributed by atoms with Crippen molar-refractivity contribution in [2.75, 3.05) is 7.11 Å². The van der Waals surface area contributed by atoms with Crippen LogP contribution >= 0.6 is 23.2 Å². The molecule has 22 heavy (non-hydrogen) atoms. The lowest BCUT2D eigenvalue weighted by atomic mass is 10.0. The van der Waals surface area contributed by atoms with Gasteiger partial charge < -0.3 is 4.74 Å². The van der Waals surface area contributed by atoms with Crippen molar-refractivity contribution in [2.24, 2.45) is 0 Å². The highest BCUT2D eigenvalue weighted by atomic mass is 35.5. The molecule has 0 aliphatic carbocycles. The average molecular weight is 353 g/mol. The highest BCUT2D eigenvalue weighted by Gasteiger charge is 2.30. The standard InChI is InChI=1S/C14H6Cl2F4O2/c1-22-14(21)9-12(19)10(17)8(11(18)13(9)20)5-2-6(15)4-7(16)3-5/h2-4H,1H3. The van der Waals surface area contributed by atoms with Crippen molar-refractivity contribution in [2.45, 2.75) is 0 Å². The lowest BCUT2D eigenvalue weighted by Crippen LogP contribution is -2.13. The van der Waals surface area contributed by atoms with Crippen molar-refractivity contribution in [3.05, 3.63) is 57.1 Å². The summed E-state index contributed by atoms with van der Waals surface area (Å²) in [6, 6.07) is 3.43. The van der Waals surface area contributed by atoms with Gasteiger partial charge in [-0.3, -0.25) is 0 Å². The Balaban J connectivity index is 2.81. The zero-order valence-corrected chi connectivity index (χ0v) is 12.3. The third-order valence-corrected chi connectivity index (χ3v) is 3.24. The van der Waals surface area contributed by atoms with E-state index in [0.29, 0.717) is 0 Å². The SMILES string of the molecule is COC(=O)c1c(F)c(F)c(-c2cc(Cl)cc(Cl)c2)c(F)c1F. The third kappa shape index (κ3) is 2.76. The Kier molecular flexibility index (Phi) is 4.63. The van der Waals surface area contributed by atoms with Gasteiger partial charge >= 0.3 is 5.97 Å². The van der Waals surface area contributed by atoms with Crippen LogP contribution in [-0.4, -0.2) is 13.1 Å². The van der Waals surface area contributed by atoms with E-state index < -0.39 is 40.4 Å². The first-order valence-corrected chi connectivity index (χ1v) is 6.44. The van der Waals surface area contributed by atoms with Crippen LogP contribution in [0.2, 0.25) is 10.0 Å². The summed E-state index contributed by atoms with van der Waals surface area (Å²) in [4.78, 5) is 11.2. The number of carbonyl (C=O) groups excluding carboxylic acids is 1. The Morgan fingerprint density at radius 2 is 1.36 bits per heavy atom. The Bertz CT molecular complexity index is 729. The first kappa shape index (κ1) is 16.6. The maximum Gasteiger partial charge on any atom is 0.344 e. The third-order valence-electron chi connectivity index (χ3n) is 2.80. The van der Waals surface area contributed by atoms with Crippen LogP contribution in [0.15, 0.2) is 18.2 Å². The van der Waals surface area contributed by atoms with Crippen LogP contribution in [0.25, 0.3) is 11.1 Å². The van der Waals surface area contributed by atoms with Gasteiger partial charge in [-0.25, -0.2) is 22.4 Å². The number of esters is 1. The Labute approximate surface area is 132 Å². The molecular weight excluding hydrogens is 347 g/mol. The first-order valence-electron chi connectivity index (χ1n) is 5.68. The minimum atomic E-state index is -1.86. The second-order valence-corrected chi connectivity index (χ2v) is 5.03. The molecule has 0 spiro atoms. The van der Waals surface area contributed by atoms with E-state index in [2.05, 4.69) is 4.74 Å². The molecule has 0 fully saturated rings. The molecule has 2 aromatic carbocycles. The van der Waals surface area contributed by atoms with E-state index in [-0.39, 0.29) is 15.6 Å². The van der Waals surface area contributed by atoms with Crippen LogP contribution in [0, 0.1) is 23.3 Å². The molecule has 2 aromatic rings. The number of carbonyl (C=O) groups is 1. The van der Waals surface area contributed by atoms with E-state index in [1.54, 1.807) is 0 Å². The van der Waals surface area contributed by atoms with Crippen molar-refractivity contribution >= 4 is 29.2 Å². The number of hydrogen-bond donors (Lipinski definition) is 0. The molecule has 0 aliphatic rings. The number of hydrogen-bond acceptors (Lipinski definition) is 2. The lowest BCUT2D eigenvalue weighted by molar-refractivity contribution is 0.0587. The fraction of sp³-hybridized carbons (Fsp3) is 0.0714. The molecule has 0 aliphatic heterocycles. The molecule has 0 bridgehead atoms. The smallest absolute Gasteiger partial charge is 0.344 e.